The maximum absolute atomic E-state index is 12.9. The highest BCUT2D eigenvalue weighted by Gasteiger charge is 2.70. The third kappa shape index (κ3) is 18.4. The number of hydrogen-bond acceptors (Lipinski definition) is 3. The maximum Gasteiger partial charge on any atom is 0.402 e. The van der Waals surface area contributed by atoms with Gasteiger partial charge in [0.1, 0.15) is 0 Å². The summed E-state index contributed by atoms with van der Waals surface area (Å²) in [6.07, 6.45) is -28.3. The Morgan fingerprint density at radius 1 is 0.412 bits per heavy atom. The number of alkyl halides is 18. The second-order valence-corrected chi connectivity index (χ2v) is 25.1. The molecule has 0 radical (unpaired) electrons. The molecule has 2 saturated carbocycles. The average Bonchev–Trinajstić information content (AvgIpc) is 3.77. The zero-order valence-corrected chi connectivity index (χ0v) is 43.0. The molecule has 0 N–H and O–H groups in total. The molecule has 6 saturated heterocycles. The van der Waals surface area contributed by atoms with E-state index in [2.05, 4.69) is 62.3 Å². The van der Waals surface area contributed by atoms with Gasteiger partial charge in [-0.1, -0.05) is 62.3 Å². The first-order valence-corrected chi connectivity index (χ1v) is 25.6. The van der Waals surface area contributed by atoms with Gasteiger partial charge in [0, 0.05) is 22.4 Å². The summed E-state index contributed by atoms with van der Waals surface area (Å²) >= 11 is 3.12. The zero-order chi connectivity index (χ0) is 53.4. The lowest BCUT2D eigenvalue weighted by molar-refractivity contribution is -0.343. The van der Waals surface area contributed by atoms with Gasteiger partial charge in [0.2, 0.25) is 0 Å². The Morgan fingerprint density at radius 2 is 0.735 bits per heavy atom. The van der Waals surface area contributed by atoms with Gasteiger partial charge in [-0.15, -0.1) is 0 Å². The number of thioether (sulfide) groups is 2. The number of hydrogen-bond donors (Lipinski definition) is 0. The first-order valence-electron chi connectivity index (χ1n) is 23.6. The SMILES string of the molecule is CC(C)C.CC(C)C.CC(C)C.CC(CC1CC2CCC1OC2)(C(F)(F)F)C(F)(F)F.CC(CC1CC2CCC1S2)(C(F)(F)F)C(F)(F)F.CC(CC1CC2CCC1SC2)(C(F)(F)F)C(F)(F)F. The Hall–Kier alpha value is -0.600. The molecule has 6 aliphatic heterocycles. The molecule has 21 heteroatoms. The fourth-order valence-electron chi connectivity index (χ4n) is 9.06. The normalized spacial score (nSPS) is 28.6. The van der Waals surface area contributed by atoms with Gasteiger partial charge >= 0.3 is 37.1 Å². The summed E-state index contributed by atoms with van der Waals surface area (Å²) in [7, 11) is 0. The van der Waals surface area contributed by atoms with Gasteiger partial charge in [-0.05, 0) is 151 Å². The first kappa shape index (κ1) is 65.4. The molecular weight excluding hydrogens is 987 g/mol. The molecule has 0 aromatic carbocycles. The van der Waals surface area contributed by atoms with Gasteiger partial charge in [-0.2, -0.15) is 103 Å². The number of halogens is 18. The van der Waals surface area contributed by atoms with Crippen molar-refractivity contribution >= 4 is 23.5 Å². The van der Waals surface area contributed by atoms with Crippen molar-refractivity contribution in [3.63, 3.8) is 0 Å². The fraction of sp³-hybridized carbons (Fsp3) is 1.00. The molecule has 6 bridgehead atoms. The van der Waals surface area contributed by atoms with Crippen molar-refractivity contribution in [3.8, 4) is 0 Å². The minimum absolute atomic E-state index is 0.0148. The molecular formula is C47H76F18OS2. The lowest BCUT2D eigenvalue weighted by Gasteiger charge is -2.46. The molecule has 8 aliphatic rings. The standard InChI is InChI=1S/C12H16F6O.C12H16F6S.C11H14F6S.3C4H10/c2*1-10(11(13,14)15,12(16,17)18)5-8-4-7-2-3-9(8)19-6-7;1-9(10(12,13)14,11(15,16)17)5-6-4-7-2-3-8(6)18-7;3*1-4(2)3/h2*7-9H,2-6H2,1H3;6-8H,2-5H2,1H3;3*4H,1-3H3. The fourth-order valence-corrected chi connectivity index (χ4v) is 12.5. The van der Waals surface area contributed by atoms with Gasteiger partial charge in [-0.3, -0.25) is 0 Å². The van der Waals surface area contributed by atoms with E-state index in [4.69, 9.17) is 4.74 Å². The molecule has 8 rings (SSSR count). The first-order chi connectivity index (χ1) is 30.3. The van der Waals surface area contributed by atoms with Crippen LogP contribution in [0.1, 0.15) is 160 Å². The summed E-state index contributed by atoms with van der Waals surface area (Å²) < 4.78 is 236. The van der Waals surface area contributed by atoms with Crippen molar-refractivity contribution in [1.29, 1.82) is 0 Å². The summed E-state index contributed by atoms with van der Waals surface area (Å²) in [4.78, 5) is 0. The van der Waals surface area contributed by atoms with Crippen LogP contribution in [0.2, 0.25) is 0 Å². The Bertz CT molecular complexity index is 1300. The molecule has 1 nitrogen and oxygen atoms in total. The van der Waals surface area contributed by atoms with Gasteiger partial charge in [-0.25, -0.2) is 0 Å². The molecule has 2 aliphatic carbocycles. The zero-order valence-electron chi connectivity index (χ0n) is 41.4. The van der Waals surface area contributed by atoms with Crippen molar-refractivity contribution in [2.75, 3.05) is 12.4 Å². The molecule has 0 spiro atoms. The quantitative estimate of drug-likeness (QED) is 0.245. The number of rotatable bonds is 6. The van der Waals surface area contributed by atoms with Crippen LogP contribution < -0.4 is 0 Å². The van der Waals surface area contributed by atoms with E-state index in [1.54, 1.807) is 23.5 Å². The van der Waals surface area contributed by atoms with Crippen molar-refractivity contribution < 1.29 is 83.8 Å². The second kappa shape index (κ2) is 25.1. The topological polar surface area (TPSA) is 9.23 Å². The van der Waals surface area contributed by atoms with Crippen LogP contribution in [-0.2, 0) is 4.74 Å². The minimum atomic E-state index is -5.29. The van der Waals surface area contributed by atoms with Crippen molar-refractivity contribution in [3.05, 3.63) is 0 Å². The van der Waals surface area contributed by atoms with Crippen LogP contribution in [0, 0.1) is 63.6 Å². The van der Waals surface area contributed by atoms with Gasteiger partial charge in [0.05, 0.1) is 6.10 Å². The minimum Gasteiger partial charge on any atom is -0.378 e. The highest BCUT2D eigenvalue weighted by Crippen LogP contribution is 2.61. The van der Waals surface area contributed by atoms with Crippen molar-refractivity contribution in [1.82, 2.24) is 0 Å². The van der Waals surface area contributed by atoms with E-state index >= 15 is 0 Å². The molecule has 0 amide bonds. The molecule has 0 aromatic rings. The van der Waals surface area contributed by atoms with Crippen molar-refractivity contribution in [2.24, 2.45) is 63.6 Å². The lowest BCUT2D eigenvalue weighted by atomic mass is 9.69. The maximum atomic E-state index is 12.9. The highest BCUT2D eigenvalue weighted by molar-refractivity contribution is 8.01. The number of ether oxygens (including phenoxy) is 1. The van der Waals surface area contributed by atoms with Crippen LogP contribution in [0.15, 0.2) is 0 Å². The molecule has 0 aromatic heterocycles. The average molecular weight is 1060 g/mol. The summed E-state index contributed by atoms with van der Waals surface area (Å²) in [5.74, 6) is 2.22. The van der Waals surface area contributed by atoms with E-state index in [0.717, 1.165) is 55.6 Å². The van der Waals surface area contributed by atoms with E-state index in [1.165, 1.54) is 0 Å². The van der Waals surface area contributed by atoms with Gasteiger partial charge in [0.15, 0.2) is 16.2 Å². The molecule has 8 fully saturated rings. The van der Waals surface area contributed by atoms with E-state index in [9.17, 15) is 79.0 Å². The summed E-state index contributed by atoms with van der Waals surface area (Å²) in [6.45, 7) is 20.8. The van der Waals surface area contributed by atoms with Crippen LogP contribution >= 0.6 is 23.5 Å². The van der Waals surface area contributed by atoms with Crippen LogP contribution in [0.25, 0.3) is 0 Å². The molecule has 68 heavy (non-hydrogen) atoms. The van der Waals surface area contributed by atoms with Crippen LogP contribution in [-0.4, -0.2) is 71.3 Å². The predicted octanol–water partition coefficient (Wildman–Crippen LogP) is 19.1. The molecule has 9 unspecified atom stereocenters. The van der Waals surface area contributed by atoms with Crippen LogP contribution in [0.3, 0.4) is 0 Å². The second-order valence-electron chi connectivity index (χ2n) is 22.3. The lowest BCUT2D eigenvalue weighted by Crippen LogP contribution is -2.52. The van der Waals surface area contributed by atoms with Gasteiger partial charge < -0.3 is 4.74 Å². The summed E-state index contributed by atoms with van der Waals surface area (Å²) in [5, 5.41) is 0.221. The molecule has 9 atom stereocenters. The van der Waals surface area contributed by atoms with Crippen molar-refractivity contribution in [2.45, 2.75) is 219 Å². The van der Waals surface area contributed by atoms with E-state index in [0.29, 0.717) is 52.1 Å². The summed E-state index contributed by atoms with van der Waals surface area (Å²) in [6, 6.07) is 0. The third-order valence-corrected chi connectivity index (χ3v) is 16.6. The highest BCUT2D eigenvalue weighted by atomic mass is 32.2. The monoisotopic (exact) mass is 1060 g/mol. The predicted molar refractivity (Wildman–Crippen MR) is 236 cm³/mol. The van der Waals surface area contributed by atoms with Crippen LogP contribution in [0.4, 0.5) is 79.0 Å². The Balaban J connectivity index is 0.000000455. The molecule has 6 heterocycles. The largest absolute Gasteiger partial charge is 0.402 e. The summed E-state index contributed by atoms with van der Waals surface area (Å²) in [5.41, 5.74) is -10.8. The van der Waals surface area contributed by atoms with E-state index < -0.39 is 96.4 Å². The Kier molecular flexibility index (Phi) is 24.1. The Morgan fingerprint density at radius 3 is 0.956 bits per heavy atom. The van der Waals surface area contributed by atoms with Crippen LogP contribution in [0.5, 0.6) is 0 Å². The smallest absolute Gasteiger partial charge is 0.378 e. The number of fused-ring (bicyclic) bond motifs is 8. The van der Waals surface area contributed by atoms with Gasteiger partial charge in [0.25, 0.3) is 0 Å². The van der Waals surface area contributed by atoms with E-state index in [1.807, 2.05) is 0 Å². The van der Waals surface area contributed by atoms with E-state index in [-0.39, 0.29) is 28.6 Å². The molecule has 408 valence electrons. The third-order valence-electron chi connectivity index (χ3n) is 13.1. The Labute approximate surface area is 401 Å².